The van der Waals surface area contributed by atoms with Gasteiger partial charge in [0.2, 0.25) is 5.88 Å². The molecule has 0 unspecified atom stereocenters. The molecule has 0 aliphatic carbocycles. The van der Waals surface area contributed by atoms with E-state index in [-0.39, 0.29) is 28.7 Å². The summed E-state index contributed by atoms with van der Waals surface area (Å²) in [5.41, 5.74) is 9.73. The Bertz CT molecular complexity index is 1630. The number of anilines is 1. The van der Waals surface area contributed by atoms with Gasteiger partial charge in [-0.05, 0) is 42.3 Å². The number of aryl methyl sites for hydroxylation is 1. The van der Waals surface area contributed by atoms with Crippen LogP contribution in [-0.4, -0.2) is 21.5 Å². The second-order valence-electron chi connectivity index (χ2n) is 8.75. The lowest BCUT2D eigenvalue weighted by atomic mass is 9.88. The molecular formula is C28H23N3O5S. The number of nitrogens with two attached hydrogens (primary N) is 1. The van der Waals surface area contributed by atoms with Crippen molar-refractivity contribution in [2.45, 2.75) is 19.4 Å². The van der Waals surface area contributed by atoms with Crippen LogP contribution in [0.2, 0.25) is 0 Å². The van der Waals surface area contributed by atoms with Gasteiger partial charge in [0.1, 0.15) is 16.5 Å². The lowest BCUT2D eigenvalue weighted by molar-refractivity contribution is 0.0600. The largest absolute Gasteiger partial charge is 0.465 e. The number of esters is 1. The first-order chi connectivity index (χ1) is 17.8. The van der Waals surface area contributed by atoms with E-state index in [4.69, 9.17) is 15.2 Å². The van der Waals surface area contributed by atoms with Crippen LogP contribution in [0.1, 0.15) is 38.5 Å². The van der Waals surface area contributed by atoms with E-state index in [0.717, 1.165) is 11.1 Å². The van der Waals surface area contributed by atoms with E-state index in [1.54, 1.807) is 36.4 Å². The van der Waals surface area contributed by atoms with Crippen LogP contribution in [0, 0.1) is 18.3 Å². The Balaban J connectivity index is 1.72. The quantitative estimate of drug-likeness (QED) is 0.516. The van der Waals surface area contributed by atoms with Crippen molar-refractivity contribution < 1.29 is 22.7 Å². The molecule has 0 bridgehead atoms. The van der Waals surface area contributed by atoms with Crippen LogP contribution in [0.15, 0.2) is 89.2 Å². The Labute approximate surface area is 214 Å². The number of carbonyl (C=O) groups is 1. The lowest BCUT2D eigenvalue weighted by Gasteiger charge is -2.38. The number of ether oxygens (including phenoxy) is 2. The smallest absolute Gasteiger partial charge is 0.337 e. The molecule has 2 aliphatic rings. The third-order valence-electron chi connectivity index (χ3n) is 6.43. The van der Waals surface area contributed by atoms with Gasteiger partial charge in [0.15, 0.2) is 5.76 Å². The molecular weight excluding hydrogens is 490 g/mol. The zero-order valence-corrected chi connectivity index (χ0v) is 21.0. The molecule has 2 heterocycles. The van der Waals surface area contributed by atoms with Gasteiger partial charge in [0.05, 0.1) is 30.8 Å². The van der Waals surface area contributed by atoms with E-state index in [0.29, 0.717) is 22.4 Å². The third kappa shape index (κ3) is 4.01. The number of rotatable bonds is 4. The van der Waals surface area contributed by atoms with Gasteiger partial charge in [-0.1, -0.05) is 54.1 Å². The Hall–Kier alpha value is -4.55. The first-order valence-electron chi connectivity index (χ1n) is 11.4. The highest BCUT2D eigenvalue weighted by molar-refractivity contribution is 7.96. The zero-order valence-electron chi connectivity index (χ0n) is 20.1. The van der Waals surface area contributed by atoms with Crippen molar-refractivity contribution in [2.24, 2.45) is 5.73 Å². The molecule has 2 aliphatic heterocycles. The fourth-order valence-electron chi connectivity index (χ4n) is 4.72. The molecule has 0 amide bonds. The molecule has 8 nitrogen and oxygen atoms in total. The molecule has 9 heteroatoms. The Morgan fingerprint density at radius 3 is 2.51 bits per heavy atom. The van der Waals surface area contributed by atoms with Gasteiger partial charge in [-0.25, -0.2) is 13.2 Å². The summed E-state index contributed by atoms with van der Waals surface area (Å²) >= 11 is 0. The molecule has 0 spiro atoms. The molecule has 0 radical (unpaired) electrons. The lowest BCUT2D eigenvalue weighted by Crippen LogP contribution is -2.39. The fraction of sp³-hybridized carbons (Fsp3) is 0.143. The summed E-state index contributed by atoms with van der Waals surface area (Å²) in [5, 5.41) is 9.99. The van der Waals surface area contributed by atoms with Gasteiger partial charge < -0.3 is 15.2 Å². The number of hydrogen-bond acceptors (Lipinski definition) is 7. The average molecular weight is 514 g/mol. The first-order valence-corrected chi connectivity index (χ1v) is 12.9. The van der Waals surface area contributed by atoms with E-state index in [1.807, 2.05) is 37.3 Å². The highest BCUT2D eigenvalue weighted by Gasteiger charge is 2.47. The summed E-state index contributed by atoms with van der Waals surface area (Å²) in [5.74, 6) is -1.63. The second kappa shape index (κ2) is 9.15. The number of methoxy groups -OCH3 is 1. The molecule has 3 aromatic carbocycles. The maximum absolute atomic E-state index is 14.3. The maximum Gasteiger partial charge on any atom is 0.337 e. The summed E-state index contributed by atoms with van der Waals surface area (Å²) in [6, 6.07) is 22.9. The summed E-state index contributed by atoms with van der Waals surface area (Å²) in [6.07, 6.45) is 0. The van der Waals surface area contributed by atoms with Gasteiger partial charge in [-0.3, -0.25) is 4.31 Å². The SMILES string of the molecule is COC(=O)c1ccc([C@H]2C(C#N)=C(N)OC3=C2S(=O)(=O)N(Cc2cccc(C)c2)c2ccccc23)cc1. The number of allylic oxidation sites excluding steroid dienone is 2. The molecule has 1 atom stereocenters. The Morgan fingerprint density at radius 1 is 1.11 bits per heavy atom. The number of nitrogens with zero attached hydrogens (tertiary/aromatic N) is 2. The normalized spacial score (nSPS) is 17.9. The summed E-state index contributed by atoms with van der Waals surface area (Å²) in [6.45, 7) is 2.03. The minimum absolute atomic E-state index is 0.0250. The van der Waals surface area contributed by atoms with Crippen molar-refractivity contribution in [3.63, 3.8) is 0 Å². The summed E-state index contributed by atoms with van der Waals surface area (Å²) in [7, 11) is -2.91. The summed E-state index contributed by atoms with van der Waals surface area (Å²) < 4.78 is 40.6. The van der Waals surface area contributed by atoms with Gasteiger partial charge >= 0.3 is 5.97 Å². The highest BCUT2D eigenvalue weighted by atomic mass is 32.2. The highest BCUT2D eigenvalue weighted by Crippen LogP contribution is 2.51. The van der Waals surface area contributed by atoms with Gasteiger partial charge in [0.25, 0.3) is 10.0 Å². The second-order valence-corrected chi connectivity index (χ2v) is 10.6. The maximum atomic E-state index is 14.3. The van der Waals surface area contributed by atoms with Crippen LogP contribution in [0.25, 0.3) is 5.76 Å². The van der Waals surface area contributed by atoms with Crippen LogP contribution in [-0.2, 0) is 26.0 Å². The molecule has 5 rings (SSSR count). The fourth-order valence-corrected chi connectivity index (χ4v) is 6.63. The van der Waals surface area contributed by atoms with Gasteiger partial charge in [0, 0.05) is 5.56 Å². The first kappa shape index (κ1) is 24.2. The number of carbonyl (C=O) groups excluding carboxylic acids is 1. The van der Waals surface area contributed by atoms with E-state index in [1.165, 1.54) is 23.5 Å². The minimum atomic E-state index is -4.19. The topological polar surface area (TPSA) is 123 Å². The summed E-state index contributed by atoms with van der Waals surface area (Å²) in [4.78, 5) is 11.9. The van der Waals surface area contributed by atoms with E-state index < -0.39 is 21.9 Å². The van der Waals surface area contributed by atoms with Gasteiger partial charge in [-0.15, -0.1) is 0 Å². The molecule has 0 fully saturated rings. The van der Waals surface area contributed by atoms with Crippen molar-refractivity contribution >= 4 is 27.4 Å². The van der Waals surface area contributed by atoms with Crippen molar-refractivity contribution in [2.75, 3.05) is 11.4 Å². The molecule has 2 N–H and O–H groups in total. The van der Waals surface area contributed by atoms with Crippen LogP contribution >= 0.6 is 0 Å². The molecule has 3 aromatic rings. The number of hydrogen-bond donors (Lipinski definition) is 1. The standard InChI is InChI=1S/C28H23N3O5S/c1-17-6-5-7-18(14-17)16-31-23-9-4-3-8-21(23)25-26(37(31,33)34)24(22(15-29)27(30)36-25)19-10-12-20(13-11-19)28(32)35-2/h3-14,24H,16,30H2,1-2H3/t24-/m0/s1. The van der Waals surface area contributed by atoms with Crippen LogP contribution in [0.5, 0.6) is 0 Å². The van der Waals surface area contributed by atoms with E-state index in [2.05, 4.69) is 0 Å². The van der Waals surface area contributed by atoms with Crippen LogP contribution < -0.4 is 10.0 Å². The minimum Gasteiger partial charge on any atom is -0.465 e. The Kier molecular flexibility index (Phi) is 5.97. The predicted octanol–water partition coefficient (Wildman–Crippen LogP) is 4.31. The van der Waals surface area contributed by atoms with Crippen LogP contribution in [0.3, 0.4) is 0 Å². The van der Waals surface area contributed by atoms with Crippen LogP contribution in [0.4, 0.5) is 5.69 Å². The zero-order chi connectivity index (χ0) is 26.3. The molecule has 186 valence electrons. The van der Waals surface area contributed by atoms with E-state index in [9.17, 15) is 18.5 Å². The monoisotopic (exact) mass is 513 g/mol. The number of benzene rings is 3. The number of fused-ring (bicyclic) bond motifs is 2. The van der Waals surface area contributed by atoms with Crippen molar-refractivity contribution in [1.29, 1.82) is 5.26 Å². The number of nitriles is 1. The molecule has 0 aromatic heterocycles. The molecule has 0 saturated carbocycles. The van der Waals surface area contributed by atoms with Crippen molar-refractivity contribution in [1.82, 2.24) is 0 Å². The number of sulfonamides is 1. The molecule has 37 heavy (non-hydrogen) atoms. The molecule has 0 saturated heterocycles. The third-order valence-corrected chi connectivity index (χ3v) is 8.31. The van der Waals surface area contributed by atoms with E-state index >= 15 is 0 Å². The van der Waals surface area contributed by atoms with Crippen molar-refractivity contribution in [3.8, 4) is 6.07 Å². The average Bonchev–Trinajstić information content (AvgIpc) is 2.90. The van der Waals surface area contributed by atoms with Gasteiger partial charge in [-0.2, -0.15) is 5.26 Å². The Morgan fingerprint density at radius 2 is 1.84 bits per heavy atom. The van der Waals surface area contributed by atoms with Crippen molar-refractivity contribution in [3.05, 3.63) is 117 Å². The predicted molar refractivity (Wildman–Crippen MR) is 138 cm³/mol. The number of para-hydroxylation sites is 1.